The van der Waals surface area contributed by atoms with Gasteiger partial charge in [0.2, 0.25) is 10.0 Å². The van der Waals surface area contributed by atoms with E-state index in [1.165, 1.54) is 5.56 Å². The molecule has 2 N–H and O–H groups in total. The number of nitrogens with zero attached hydrogens (tertiary/aromatic N) is 1. The van der Waals surface area contributed by atoms with E-state index < -0.39 is 10.0 Å². The molecule has 3 rings (SSSR count). The molecule has 0 radical (unpaired) electrons. The Morgan fingerprint density at radius 3 is 2.81 bits per heavy atom. The molecule has 3 atom stereocenters. The highest BCUT2D eigenvalue weighted by Crippen LogP contribution is 2.44. The minimum atomic E-state index is -3.36. The SMILES string of the molecule is CN1Cc2c(Cl)cc(Cl)cc2C(C2CCCC(S(=O)(=O)NCCCO)C2)C1. The Morgan fingerprint density at radius 2 is 2.07 bits per heavy atom. The number of sulfonamides is 1. The largest absolute Gasteiger partial charge is 0.396 e. The molecule has 1 aromatic carbocycles. The highest BCUT2D eigenvalue weighted by atomic mass is 35.5. The number of benzene rings is 1. The van der Waals surface area contributed by atoms with Crippen LogP contribution in [0, 0.1) is 5.92 Å². The maximum Gasteiger partial charge on any atom is 0.214 e. The maximum absolute atomic E-state index is 12.7. The summed E-state index contributed by atoms with van der Waals surface area (Å²) in [6, 6.07) is 3.80. The number of aliphatic hydroxyl groups excluding tert-OH is 1. The lowest BCUT2D eigenvalue weighted by Gasteiger charge is -2.40. The fourth-order valence-corrected chi connectivity index (χ4v) is 6.74. The molecule has 1 heterocycles. The van der Waals surface area contributed by atoms with Gasteiger partial charge in [-0.1, -0.05) is 29.6 Å². The summed E-state index contributed by atoms with van der Waals surface area (Å²) in [5.41, 5.74) is 2.30. The van der Waals surface area contributed by atoms with E-state index in [0.29, 0.717) is 35.9 Å². The van der Waals surface area contributed by atoms with Gasteiger partial charge >= 0.3 is 0 Å². The first-order chi connectivity index (χ1) is 12.8. The number of fused-ring (bicyclic) bond motifs is 1. The summed E-state index contributed by atoms with van der Waals surface area (Å²) in [7, 11) is -1.28. The summed E-state index contributed by atoms with van der Waals surface area (Å²) in [6.07, 6.45) is 3.70. The standard InChI is InChI=1S/C19H28Cl2N2O3S/c1-23-11-17(16-9-14(20)10-19(21)18(16)12-23)13-4-2-5-15(8-13)27(25,26)22-6-3-7-24/h9-10,13,15,17,22,24H,2-8,11-12H2,1H3. The summed E-state index contributed by atoms with van der Waals surface area (Å²) in [4.78, 5) is 2.25. The first kappa shape index (κ1) is 21.3. The molecular weight excluding hydrogens is 407 g/mol. The first-order valence-electron chi connectivity index (χ1n) is 9.57. The van der Waals surface area contributed by atoms with Gasteiger partial charge in [-0.2, -0.15) is 0 Å². The fourth-order valence-electron chi connectivity index (χ4n) is 4.53. The number of hydrogen-bond donors (Lipinski definition) is 2. The molecule has 27 heavy (non-hydrogen) atoms. The van der Waals surface area contributed by atoms with Crippen LogP contribution >= 0.6 is 23.2 Å². The molecular formula is C19H28Cl2N2O3S. The Kier molecular flexibility index (Phi) is 7.09. The highest BCUT2D eigenvalue weighted by molar-refractivity contribution is 7.90. The van der Waals surface area contributed by atoms with Crippen molar-refractivity contribution in [1.82, 2.24) is 9.62 Å². The van der Waals surface area contributed by atoms with Crippen LogP contribution in [0.15, 0.2) is 12.1 Å². The number of rotatable bonds is 6. The lowest BCUT2D eigenvalue weighted by molar-refractivity contribution is 0.209. The number of halogens is 2. The molecule has 1 aliphatic heterocycles. The van der Waals surface area contributed by atoms with E-state index >= 15 is 0 Å². The normalized spacial score (nSPS) is 26.7. The van der Waals surface area contributed by atoms with Gasteiger partial charge in [0.1, 0.15) is 0 Å². The molecule has 0 amide bonds. The molecule has 2 aliphatic rings. The van der Waals surface area contributed by atoms with Gasteiger partial charge in [0.25, 0.3) is 0 Å². The number of likely N-dealkylation sites (N-methyl/N-ethyl adjacent to an activating group) is 1. The number of hydrogen-bond acceptors (Lipinski definition) is 4. The predicted octanol–water partition coefficient (Wildman–Crippen LogP) is 3.38. The zero-order chi connectivity index (χ0) is 19.6. The van der Waals surface area contributed by atoms with Gasteiger partial charge in [0.15, 0.2) is 0 Å². The van der Waals surface area contributed by atoms with Crippen molar-refractivity contribution in [3.05, 3.63) is 33.3 Å². The summed E-state index contributed by atoms with van der Waals surface area (Å²) < 4.78 is 28.0. The molecule has 0 spiro atoms. The molecule has 0 aromatic heterocycles. The van der Waals surface area contributed by atoms with E-state index in [2.05, 4.69) is 16.7 Å². The van der Waals surface area contributed by atoms with Crippen LogP contribution in [0.3, 0.4) is 0 Å². The van der Waals surface area contributed by atoms with Gasteiger partial charge in [0.05, 0.1) is 5.25 Å². The van der Waals surface area contributed by atoms with Gasteiger partial charge in [-0.25, -0.2) is 13.1 Å². The number of aliphatic hydroxyl groups is 1. The van der Waals surface area contributed by atoms with Crippen LogP contribution in [0.2, 0.25) is 10.0 Å². The predicted molar refractivity (Wildman–Crippen MR) is 110 cm³/mol. The second-order valence-corrected chi connectivity index (χ2v) is 10.7. The smallest absolute Gasteiger partial charge is 0.214 e. The molecule has 3 unspecified atom stereocenters. The third kappa shape index (κ3) is 4.98. The Labute approximate surface area is 172 Å². The van der Waals surface area contributed by atoms with Gasteiger partial charge in [-0.05, 0) is 67.8 Å². The van der Waals surface area contributed by atoms with E-state index in [9.17, 15) is 8.42 Å². The van der Waals surface area contributed by atoms with Crippen molar-refractivity contribution in [1.29, 1.82) is 0 Å². The van der Waals surface area contributed by atoms with E-state index in [1.54, 1.807) is 6.07 Å². The zero-order valence-electron chi connectivity index (χ0n) is 15.6. The number of nitrogens with one attached hydrogen (secondary N) is 1. The van der Waals surface area contributed by atoms with Crippen molar-refractivity contribution in [2.24, 2.45) is 5.92 Å². The van der Waals surface area contributed by atoms with Crippen LogP contribution in [0.4, 0.5) is 0 Å². The third-order valence-electron chi connectivity index (χ3n) is 5.84. The van der Waals surface area contributed by atoms with Crippen LogP contribution in [0.5, 0.6) is 0 Å². The zero-order valence-corrected chi connectivity index (χ0v) is 18.0. The van der Waals surface area contributed by atoms with Crippen molar-refractivity contribution >= 4 is 33.2 Å². The van der Waals surface area contributed by atoms with Gasteiger partial charge in [-0.15, -0.1) is 0 Å². The molecule has 1 aromatic rings. The second-order valence-electron chi connectivity index (χ2n) is 7.82. The van der Waals surface area contributed by atoms with Crippen molar-refractivity contribution in [3.8, 4) is 0 Å². The van der Waals surface area contributed by atoms with Gasteiger partial charge in [0, 0.05) is 36.3 Å². The second kappa shape index (κ2) is 8.97. The quantitative estimate of drug-likeness (QED) is 0.673. The lowest BCUT2D eigenvalue weighted by Crippen LogP contribution is -2.41. The Morgan fingerprint density at radius 1 is 1.30 bits per heavy atom. The van der Waals surface area contributed by atoms with Crippen molar-refractivity contribution in [2.75, 3.05) is 26.7 Å². The molecule has 152 valence electrons. The average molecular weight is 435 g/mol. The lowest BCUT2D eigenvalue weighted by atomic mass is 9.74. The minimum absolute atomic E-state index is 0.0114. The summed E-state index contributed by atoms with van der Waals surface area (Å²) in [5.74, 6) is 0.527. The highest BCUT2D eigenvalue weighted by Gasteiger charge is 2.38. The van der Waals surface area contributed by atoms with Crippen LogP contribution in [-0.4, -0.2) is 50.4 Å². The molecule has 5 nitrogen and oxygen atoms in total. The Hall–Kier alpha value is -0.370. The van der Waals surface area contributed by atoms with Crippen molar-refractivity contribution in [2.45, 2.75) is 49.8 Å². The maximum atomic E-state index is 12.7. The summed E-state index contributed by atoms with van der Waals surface area (Å²) in [6.45, 7) is 1.96. The topological polar surface area (TPSA) is 69.6 Å². The summed E-state index contributed by atoms with van der Waals surface area (Å²) in [5, 5.41) is 9.84. The minimum Gasteiger partial charge on any atom is -0.396 e. The molecule has 8 heteroatoms. The van der Waals surface area contributed by atoms with Crippen LogP contribution in [-0.2, 0) is 16.6 Å². The van der Waals surface area contributed by atoms with E-state index in [0.717, 1.165) is 31.5 Å². The fraction of sp³-hybridized carbons (Fsp3) is 0.684. The van der Waals surface area contributed by atoms with E-state index in [4.69, 9.17) is 28.3 Å². The van der Waals surface area contributed by atoms with Crippen LogP contribution in [0.1, 0.15) is 49.1 Å². The van der Waals surface area contributed by atoms with Gasteiger partial charge < -0.3 is 10.0 Å². The summed E-state index contributed by atoms with van der Waals surface area (Å²) >= 11 is 12.7. The Bertz CT molecular complexity index is 772. The van der Waals surface area contributed by atoms with Gasteiger partial charge in [-0.3, -0.25) is 0 Å². The van der Waals surface area contributed by atoms with Crippen LogP contribution < -0.4 is 4.72 Å². The van der Waals surface area contributed by atoms with Crippen molar-refractivity contribution in [3.63, 3.8) is 0 Å². The first-order valence-corrected chi connectivity index (χ1v) is 11.9. The van der Waals surface area contributed by atoms with E-state index in [1.807, 2.05) is 6.07 Å². The third-order valence-corrected chi connectivity index (χ3v) is 8.31. The monoisotopic (exact) mass is 434 g/mol. The average Bonchev–Trinajstić information content (AvgIpc) is 2.62. The van der Waals surface area contributed by atoms with Crippen LogP contribution in [0.25, 0.3) is 0 Å². The molecule has 0 bridgehead atoms. The molecule has 1 saturated carbocycles. The molecule has 1 aliphatic carbocycles. The molecule has 1 fully saturated rings. The Balaban J connectivity index is 1.81. The molecule has 0 saturated heterocycles. The van der Waals surface area contributed by atoms with E-state index in [-0.39, 0.29) is 23.7 Å². The van der Waals surface area contributed by atoms with Crippen molar-refractivity contribution < 1.29 is 13.5 Å².